The van der Waals surface area contributed by atoms with Crippen molar-refractivity contribution < 1.29 is 35.9 Å². The molecule has 0 spiro atoms. The van der Waals surface area contributed by atoms with E-state index in [1.807, 2.05) is 32.0 Å². The standard InChI is InChI=1S/C30H37F6N3O2.2ClH/c1-4-26-19-41-12-11-38(26)9-7-37-8-10-39(27(18-37)14-22-6-5-20(2)21(3)13-22)28(40)23-15-24(29(31,32)33)17-25(16-23)30(34,35)36;;/h5-6,13,15-17,26-27H,4,7-12,14,18-19H2,1-3H3;2*1H/t26-,27-;;/m1../s1. The second kappa shape index (κ2) is 15.3. The highest BCUT2D eigenvalue weighted by Gasteiger charge is 2.39. The lowest BCUT2D eigenvalue weighted by Crippen LogP contribution is -2.57. The first kappa shape index (κ1) is 37.1. The third-order valence-electron chi connectivity index (χ3n) is 8.23. The van der Waals surface area contributed by atoms with Crippen LogP contribution >= 0.6 is 24.8 Å². The van der Waals surface area contributed by atoms with Gasteiger partial charge in [0.25, 0.3) is 5.91 Å². The molecular formula is C30H39Cl2F6N3O2. The summed E-state index contributed by atoms with van der Waals surface area (Å²) in [5.41, 5.74) is -0.459. The molecule has 2 aliphatic rings. The van der Waals surface area contributed by atoms with Crippen molar-refractivity contribution in [2.75, 3.05) is 52.5 Å². The molecular weight excluding hydrogens is 619 g/mol. The van der Waals surface area contributed by atoms with Gasteiger partial charge in [0.2, 0.25) is 0 Å². The molecule has 2 saturated heterocycles. The minimum absolute atomic E-state index is 0. The van der Waals surface area contributed by atoms with Crippen molar-refractivity contribution in [1.29, 1.82) is 0 Å². The van der Waals surface area contributed by atoms with Crippen LogP contribution < -0.4 is 0 Å². The summed E-state index contributed by atoms with van der Waals surface area (Å²) in [7, 11) is 0. The smallest absolute Gasteiger partial charge is 0.378 e. The minimum Gasteiger partial charge on any atom is -0.378 e. The number of ether oxygens (including phenoxy) is 1. The highest BCUT2D eigenvalue weighted by atomic mass is 35.5. The fourth-order valence-electron chi connectivity index (χ4n) is 5.64. The van der Waals surface area contributed by atoms with Crippen LogP contribution in [0.15, 0.2) is 36.4 Å². The van der Waals surface area contributed by atoms with Gasteiger partial charge in [-0.3, -0.25) is 14.6 Å². The maximum Gasteiger partial charge on any atom is 0.416 e. The summed E-state index contributed by atoms with van der Waals surface area (Å²) in [4.78, 5) is 19.7. The third-order valence-corrected chi connectivity index (χ3v) is 8.23. The lowest BCUT2D eigenvalue weighted by atomic mass is 9.97. The van der Waals surface area contributed by atoms with Crippen molar-refractivity contribution >= 4 is 30.7 Å². The molecule has 4 rings (SSSR count). The Morgan fingerprint density at radius 3 is 2.09 bits per heavy atom. The summed E-state index contributed by atoms with van der Waals surface area (Å²) in [6.45, 7) is 11.0. The van der Waals surface area contributed by atoms with E-state index < -0.39 is 41.0 Å². The van der Waals surface area contributed by atoms with Gasteiger partial charge in [-0.15, -0.1) is 24.8 Å². The second-order valence-corrected chi connectivity index (χ2v) is 11.0. The summed E-state index contributed by atoms with van der Waals surface area (Å²) in [5.74, 6) is -0.825. The van der Waals surface area contributed by atoms with Gasteiger partial charge in [-0.25, -0.2) is 0 Å². The van der Waals surface area contributed by atoms with Gasteiger partial charge in [-0.2, -0.15) is 26.3 Å². The van der Waals surface area contributed by atoms with Gasteiger partial charge in [0.05, 0.1) is 24.3 Å². The average molecular weight is 659 g/mol. The van der Waals surface area contributed by atoms with E-state index in [2.05, 4.69) is 16.7 Å². The van der Waals surface area contributed by atoms with Crippen LogP contribution in [0.3, 0.4) is 0 Å². The number of halogens is 8. The Balaban J connectivity index is 0.00000323. The molecule has 242 valence electrons. The molecule has 13 heteroatoms. The number of nitrogens with zero attached hydrogens (tertiary/aromatic N) is 3. The van der Waals surface area contributed by atoms with Crippen molar-refractivity contribution in [1.82, 2.24) is 14.7 Å². The van der Waals surface area contributed by atoms with E-state index in [0.717, 1.165) is 42.7 Å². The molecule has 2 aromatic carbocycles. The molecule has 1 amide bonds. The van der Waals surface area contributed by atoms with Crippen LogP contribution in [0, 0.1) is 13.8 Å². The molecule has 5 nitrogen and oxygen atoms in total. The van der Waals surface area contributed by atoms with Gasteiger partial charge in [0.1, 0.15) is 0 Å². The number of benzene rings is 2. The van der Waals surface area contributed by atoms with Crippen LogP contribution in [0.25, 0.3) is 0 Å². The van der Waals surface area contributed by atoms with Gasteiger partial charge < -0.3 is 9.64 Å². The Labute approximate surface area is 261 Å². The fourth-order valence-corrected chi connectivity index (χ4v) is 5.64. The van der Waals surface area contributed by atoms with Crippen molar-refractivity contribution in [2.24, 2.45) is 0 Å². The molecule has 0 bridgehead atoms. The lowest BCUT2D eigenvalue weighted by molar-refractivity contribution is -0.143. The van der Waals surface area contributed by atoms with E-state index >= 15 is 0 Å². The summed E-state index contributed by atoms with van der Waals surface area (Å²) < 4.78 is 86.6. The quantitative estimate of drug-likeness (QED) is 0.312. The molecule has 0 radical (unpaired) electrons. The molecule has 2 aromatic rings. The molecule has 2 aliphatic heterocycles. The van der Waals surface area contributed by atoms with Crippen LogP contribution in [-0.2, 0) is 23.5 Å². The normalized spacial score (nSPS) is 20.3. The largest absolute Gasteiger partial charge is 0.416 e. The summed E-state index contributed by atoms with van der Waals surface area (Å²) >= 11 is 0. The molecule has 0 unspecified atom stereocenters. The van der Waals surface area contributed by atoms with Crippen molar-refractivity contribution in [2.45, 2.75) is 58.0 Å². The van der Waals surface area contributed by atoms with Gasteiger partial charge in [-0.05, 0) is 61.6 Å². The number of hydrogen-bond donors (Lipinski definition) is 0. The highest BCUT2D eigenvalue weighted by Crippen LogP contribution is 2.37. The van der Waals surface area contributed by atoms with E-state index in [4.69, 9.17) is 4.74 Å². The number of piperazine rings is 1. The Morgan fingerprint density at radius 1 is 0.860 bits per heavy atom. The average Bonchev–Trinajstić information content (AvgIpc) is 2.92. The number of hydrogen-bond acceptors (Lipinski definition) is 4. The van der Waals surface area contributed by atoms with Gasteiger partial charge in [-0.1, -0.05) is 25.1 Å². The Bertz CT molecular complexity index is 1200. The molecule has 0 aromatic heterocycles. The van der Waals surface area contributed by atoms with Gasteiger partial charge in [0, 0.05) is 56.9 Å². The first-order valence-corrected chi connectivity index (χ1v) is 14.0. The molecule has 0 aliphatic carbocycles. The molecule has 43 heavy (non-hydrogen) atoms. The number of morpholine rings is 1. The number of amides is 1. The molecule has 2 fully saturated rings. The SMILES string of the molecule is CC[C@@H]1COCCN1CCN1CCN(C(=O)c2cc(C(F)(F)F)cc(C(F)(F)F)c2)[C@H](Cc2ccc(C)c(C)c2)C1.Cl.Cl. The van der Waals surface area contributed by atoms with E-state index in [1.165, 1.54) is 4.90 Å². The molecule has 0 saturated carbocycles. The first-order chi connectivity index (χ1) is 19.3. The summed E-state index contributed by atoms with van der Waals surface area (Å²) in [5, 5.41) is 0. The van der Waals surface area contributed by atoms with Crippen molar-refractivity contribution in [3.05, 3.63) is 69.8 Å². The zero-order chi connectivity index (χ0) is 29.9. The third kappa shape index (κ3) is 9.47. The Hall–Kier alpha value is -2.05. The van der Waals surface area contributed by atoms with E-state index in [1.54, 1.807) is 0 Å². The minimum atomic E-state index is -5.02. The van der Waals surface area contributed by atoms with E-state index in [0.29, 0.717) is 50.9 Å². The maximum atomic E-state index is 13.6. The fraction of sp³-hybridized carbons (Fsp3) is 0.567. The molecule has 0 N–H and O–H groups in total. The monoisotopic (exact) mass is 657 g/mol. The van der Waals surface area contributed by atoms with Crippen LogP contribution in [-0.4, -0.2) is 85.2 Å². The predicted molar refractivity (Wildman–Crippen MR) is 158 cm³/mol. The topological polar surface area (TPSA) is 36.0 Å². The number of carbonyl (C=O) groups is 1. The van der Waals surface area contributed by atoms with Crippen molar-refractivity contribution in [3.63, 3.8) is 0 Å². The predicted octanol–water partition coefficient (Wildman–Crippen LogP) is 6.66. The highest BCUT2D eigenvalue weighted by molar-refractivity contribution is 5.95. The van der Waals surface area contributed by atoms with Crippen LogP contribution in [0.5, 0.6) is 0 Å². The van der Waals surface area contributed by atoms with E-state index in [9.17, 15) is 31.1 Å². The zero-order valence-corrected chi connectivity index (χ0v) is 26.1. The Kier molecular flexibility index (Phi) is 13.2. The number of alkyl halides is 6. The molecule has 2 heterocycles. The van der Waals surface area contributed by atoms with Crippen LogP contribution in [0.2, 0.25) is 0 Å². The molecule has 2 atom stereocenters. The first-order valence-electron chi connectivity index (χ1n) is 14.0. The van der Waals surface area contributed by atoms with Gasteiger partial charge >= 0.3 is 12.4 Å². The maximum absolute atomic E-state index is 13.6. The Morgan fingerprint density at radius 2 is 1.51 bits per heavy atom. The number of rotatable bonds is 7. The number of carbonyl (C=O) groups excluding carboxylic acids is 1. The van der Waals surface area contributed by atoms with Gasteiger partial charge in [0.15, 0.2) is 0 Å². The van der Waals surface area contributed by atoms with Crippen LogP contribution in [0.1, 0.15) is 51.5 Å². The van der Waals surface area contributed by atoms with Crippen molar-refractivity contribution in [3.8, 4) is 0 Å². The van der Waals surface area contributed by atoms with Crippen LogP contribution in [0.4, 0.5) is 26.3 Å². The zero-order valence-electron chi connectivity index (χ0n) is 24.4. The van der Waals surface area contributed by atoms with E-state index in [-0.39, 0.29) is 37.4 Å². The second-order valence-electron chi connectivity index (χ2n) is 11.0. The lowest BCUT2D eigenvalue weighted by Gasteiger charge is -2.43. The summed E-state index contributed by atoms with van der Waals surface area (Å²) in [6.07, 6.45) is -8.65. The number of aryl methyl sites for hydroxylation is 2. The summed E-state index contributed by atoms with van der Waals surface area (Å²) in [6, 6.07) is 6.97.